The van der Waals surface area contributed by atoms with Gasteiger partial charge in [0.1, 0.15) is 12.4 Å². The lowest BCUT2D eigenvalue weighted by molar-refractivity contribution is 0.0953. The summed E-state index contributed by atoms with van der Waals surface area (Å²) in [4.78, 5) is 26.0. The number of ether oxygens (including phenoxy) is 1. The third-order valence-electron chi connectivity index (χ3n) is 4.76. The predicted molar refractivity (Wildman–Crippen MR) is 108 cm³/mol. The Balaban J connectivity index is 1.69. The second-order valence-electron chi connectivity index (χ2n) is 6.57. The number of carbonyl (C=O) groups is 1. The zero-order chi connectivity index (χ0) is 20.4. The lowest BCUT2D eigenvalue weighted by Crippen LogP contribution is -2.30. The Morgan fingerprint density at radius 2 is 1.86 bits per heavy atom. The van der Waals surface area contributed by atoms with E-state index in [-0.39, 0.29) is 5.69 Å². The molecular formula is C21H20N4O4. The number of aromatic nitrogens is 2. The van der Waals surface area contributed by atoms with Gasteiger partial charge in [0.05, 0.1) is 18.4 Å². The third-order valence-corrected chi connectivity index (χ3v) is 4.76. The summed E-state index contributed by atoms with van der Waals surface area (Å²) in [7, 11) is 1.41. The maximum absolute atomic E-state index is 12.0. The van der Waals surface area contributed by atoms with Gasteiger partial charge in [0.2, 0.25) is 0 Å². The van der Waals surface area contributed by atoms with Crippen LogP contribution in [0.15, 0.2) is 59.5 Å². The summed E-state index contributed by atoms with van der Waals surface area (Å²) < 4.78 is 7.36. The zero-order valence-electron chi connectivity index (χ0n) is 15.8. The van der Waals surface area contributed by atoms with Crippen LogP contribution in [0.3, 0.4) is 0 Å². The first-order chi connectivity index (χ1) is 14.1. The average molecular weight is 392 g/mol. The van der Waals surface area contributed by atoms with Crippen LogP contribution in [0.2, 0.25) is 0 Å². The molecule has 0 fully saturated rings. The molecule has 0 radical (unpaired) electrons. The van der Waals surface area contributed by atoms with Crippen LogP contribution < -0.4 is 20.4 Å². The van der Waals surface area contributed by atoms with Gasteiger partial charge in [-0.1, -0.05) is 30.3 Å². The molecule has 2 N–H and O–H groups in total. The summed E-state index contributed by atoms with van der Waals surface area (Å²) >= 11 is 0. The molecule has 2 heterocycles. The SMILES string of the molecule is CNC(=O)c1nn(CCN2c3ccccc3COc3ccccc32)cc(O)c1=O. The minimum absolute atomic E-state index is 0.334. The molecule has 0 saturated carbocycles. The molecule has 0 atom stereocenters. The van der Waals surface area contributed by atoms with Crippen molar-refractivity contribution in [2.45, 2.75) is 13.2 Å². The molecule has 8 nitrogen and oxygen atoms in total. The van der Waals surface area contributed by atoms with E-state index < -0.39 is 17.1 Å². The highest BCUT2D eigenvalue weighted by Crippen LogP contribution is 2.38. The molecular weight excluding hydrogens is 372 g/mol. The number of nitrogens with one attached hydrogen (secondary N) is 1. The number of amides is 1. The first kappa shape index (κ1) is 18.5. The van der Waals surface area contributed by atoms with Crippen molar-refractivity contribution in [2.75, 3.05) is 18.5 Å². The Hall–Kier alpha value is -3.81. The summed E-state index contributed by atoms with van der Waals surface area (Å²) in [6.45, 7) is 1.28. The molecule has 0 unspecified atom stereocenters. The number of hydrogen-bond donors (Lipinski definition) is 2. The van der Waals surface area contributed by atoms with Crippen molar-refractivity contribution in [1.29, 1.82) is 0 Å². The van der Waals surface area contributed by atoms with Crippen molar-refractivity contribution < 1.29 is 14.6 Å². The summed E-state index contributed by atoms with van der Waals surface area (Å²) in [6, 6.07) is 15.7. The van der Waals surface area contributed by atoms with Crippen molar-refractivity contribution >= 4 is 17.3 Å². The minimum atomic E-state index is -0.792. The number of rotatable bonds is 4. The lowest BCUT2D eigenvalue weighted by Gasteiger charge is -2.26. The van der Waals surface area contributed by atoms with Gasteiger partial charge in [-0.05, 0) is 18.2 Å². The molecule has 0 aliphatic carbocycles. The van der Waals surface area contributed by atoms with Gasteiger partial charge >= 0.3 is 0 Å². The number of fused-ring (bicyclic) bond motifs is 2. The Morgan fingerprint density at radius 1 is 1.14 bits per heavy atom. The van der Waals surface area contributed by atoms with Gasteiger partial charge in [0.25, 0.3) is 11.3 Å². The van der Waals surface area contributed by atoms with E-state index in [1.54, 1.807) is 0 Å². The summed E-state index contributed by atoms with van der Waals surface area (Å²) in [6.07, 6.45) is 1.24. The summed E-state index contributed by atoms with van der Waals surface area (Å²) in [5, 5.41) is 16.4. The molecule has 1 aliphatic rings. The summed E-state index contributed by atoms with van der Waals surface area (Å²) in [5.41, 5.74) is 1.83. The lowest BCUT2D eigenvalue weighted by atomic mass is 10.1. The molecule has 8 heteroatoms. The molecule has 3 aromatic rings. The number of benzene rings is 2. The number of nitrogens with zero attached hydrogens (tertiary/aromatic N) is 3. The molecule has 0 saturated heterocycles. The van der Waals surface area contributed by atoms with E-state index in [1.165, 1.54) is 17.9 Å². The molecule has 29 heavy (non-hydrogen) atoms. The number of hydrogen-bond acceptors (Lipinski definition) is 6. The molecule has 1 aliphatic heterocycles. The molecule has 148 valence electrons. The smallest absolute Gasteiger partial charge is 0.275 e. The number of anilines is 2. The monoisotopic (exact) mass is 392 g/mol. The first-order valence-electron chi connectivity index (χ1n) is 9.18. The van der Waals surface area contributed by atoms with Crippen LogP contribution in [-0.2, 0) is 13.2 Å². The second kappa shape index (κ2) is 7.67. The van der Waals surface area contributed by atoms with E-state index in [2.05, 4.69) is 15.3 Å². The Kier molecular flexibility index (Phi) is 4.90. The molecule has 1 aromatic heterocycles. The van der Waals surface area contributed by atoms with Gasteiger partial charge in [0.15, 0.2) is 11.4 Å². The Bertz CT molecular complexity index is 1080. The average Bonchev–Trinajstić information content (AvgIpc) is 2.91. The van der Waals surface area contributed by atoms with Gasteiger partial charge in [-0.3, -0.25) is 14.3 Å². The van der Waals surface area contributed by atoms with Crippen molar-refractivity contribution in [3.05, 3.63) is 76.2 Å². The highest BCUT2D eigenvalue weighted by molar-refractivity contribution is 5.92. The molecule has 1 amide bonds. The van der Waals surface area contributed by atoms with Crippen LogP contribution in [0.1, 0.15) is 16.1 Å². The van der Waals surface area contributed by atoms with Crippen LogP contribution in [-0.4, -0.2) is 34.4 Å². The predicted octanol–water partition coefficient (Wildman–Crippen LogP) is 2.04. The van der Waals surface area contributed by atoms with Crippen molar-refractivity contribution in [1.82, 2.24) is 15.1 Å². The topological polar surface area (TPSA) is 96.7 Å². The van der Waals surface area contributed by atoms with Gasteiger partial charge in [-0.2, -0.15) is 5.10 Å². The van der Waals surface area contributed by atoms with E-state index in [9.17, 15) is 14.7 Å². The largest absolute Gasteiger partial charge is 0.503 e. The van der Waals surface area contributed by atoms with E-state index in [0.29, 0.717) is 19.7 Å². The molecule has 4 rings (SSSR count). The fraction of sp³-hybridized carbons (Fsp3) is 0.190. The van der Waals surface area contributed by atoms with Crippen LogP contribution in [0, 0.1) is 0 Å². The van der Waals surface area contributed by atoms with Crippen LogP contribution in [0.5, 0.6) is 11.5 Å². The normalized spacial score (nSPS) is 12.4. The molecule has 0 spiro atoms. The number of aromatic hydroxyl groups is 1. The minimum Gasteiger partial charge on any atom is -0.503 e. The van der Waals surface area contributed by atoms with Crippen molar-refractivity contribution in [3.63, 3.8) is 0 Å². The van der Waals surface area contributed by atoms with Gasteiger partial charge in [0, 0.05) is 24.8 Å². The number of carbonyl (C=O) groups excluding carboxylic acids is 1. The van der Waals surface area contributed by atoms with E-state index in [4.69, 9.17) is 4.74 Å². The van der Waals surface area contributed by atoms with Gasteiger partial charge in [-0.25, -0.2) is 0 Å². The Morgan fingerprint density at radius 3 is 2.66 bits per heavy atom. The molecule has 2 aromatic carbocycles. The summed E-state index contributed by atoms with van der Waals surface area (Å²) in [5.74, 6) is -0.387. The second-order valence-corrected chi connectivity index (χ2v) is 6.57. The quantitative estimate of drug-likeness (QED) is 0.705. The third kappa shape index (κ3) is 3.52. The highest BCUT2D eigenvalue weighted by Gasteiger charge is 2.22. The fourth-order valence-electron chi connectivity index (χ4n) is 3.33. The first-order valence-corrected chi connectivity index (χ1v) is 9.18. The Labute approximate surface area is 167 Å². The fourth-order valence-corrected chi connectivity index (χ4v) is 3.33. The van der Waals surface area contributed by atoms with E-state index in [1.807, 2.05) is 48.5 Å². The number of para-hydroxylation sites is 3. The van der Waals surface area contributed by atoms with Crippen molar-refractivity contribution in [3.8, 4) is 11.5 Å². The van der Waals surface area contributed by atoms with Crippen LogP contribution in [0.25, 0.3) is 0 Å². The van der Waals surface area contributed by atoms with E-state index >= 15 is 0 Å². The van der Waals surface area contributed by atoms with E-state index in [0.717, 1.165) is 22.7 Å². The molecule has 0 bridgehead atoms. The van der Waals surface area contributed by atoms with Crippen LogP contribution >= 0.6 is 0 Å². The maximum atomic E-state index is 12.0. The maximum Gasteiger partial charge on any atom is 0.275 e. The standard InChI is InChI=1S/C21H20N4O4/c1-22-21(28)19-20(27)17(26)12-24(23-19)10-11-25-15-7-3-2-6-14(15)13-29-18-9-5-4-8-16(18)25/h2-9,12,26H,10-11,13H2,1H3,(H,22,28). The van der Waals surface area contributed by atoms with Crippen molar-refractivity contribution in [2.24, 2.45) is 0 Å². The highest BCUT2D eigenvalue weighted by atomic mass is 16.5. The van der Waals surface area contributed by atoms with Gasteiger partial charge in [-0.15, -0.1) is 0 Å². The van der Waals surface area contributed by atoms with Crippen LogP contribution in [0.4, 0.5) is 11.4 Å². The zero-order valence-corrected chi connectivity index (χ0v) is 15.8. The van der Waals surface area contributed by atoms with Gasteiger partial charge < -0.3 is 20.1 Å².